The van der Waals surface area contributed by atoms with E-state index >= 15 is 0 Å². The number of hydrogen-bond acceptors (Lipinski definition) is 8. The summed E-state index contributed by atoms with van der Waals surface area (Å²) in [6, 6.07) is 6.35. The van der Waals surface area contributed by atoms with Gasteiger partial charge in [-0.2, -0.15) is 4.98 Å². The van der Waals surface area contributed by atoms with Gasteiger partial charge < -0.3 is 24.2 Å². The monoisotopic (exact) mass is 453 g/mol. The fourth-order valence-corrected chi connectivity index (χ4v) is 4.44. The molecule has 2 aliphatic rings. The molecule has 9 nitrogen and oxygen atoms in total. The standard InChI is InChI=1S/C24H31N5O4/c1-24(2,3)33-22-21-25-13-18(19(30)17-9-5-7-15-10-12-31-20(15)17)29(21)27-23(26-22)32-14-16-8-6-11-28(16)4/h5,7,9,13,16,19,30H,6,8,10-12,14H2,1-4H3. The lowest BCUT2D eigenvalue weighted by Gasteiger charge is -2.22. The van der Waals surface area contributed by atoms with E-state index in [4.69, 9.17) is 14.2 Å². The summed E-state index contributed by atoms with van der Waals surface area (Å²) in [5.41, 5.74) is 2.22. The molecule has 9 heteroatoms. The molecule has 0 spiro atoms. The molecule has 2 aromatic heterocycles. The number of likely N-dealkylation sites (N-methyl/N-ethyl adjacent to an activating group) is 1. The van der Waals surface area contributed by atoms with Gasteiger partial charge in [-0.1, -0.05) is 18.2 Å². The minimum atomic E-state index is -0.973. The summed E-state index contributed by atoms with van der Waals surface area (Å²) < 4.78 is 19.5. The Hall–Kier alpha value is -2.91. The van der Waals surface area contributed by atoms with E-state index in [-0.39, 0.29) is 6.01 Å². The first-order valence-electron chi connectivity index (χ1n) is 11.5. The van der Waals surface area contributed by atoms with Crippen LogP contribution in [0.25, 0.3) is 5.65 Å². The third-order valence-electron chi connectivity index (χ3n) is 6.14. The molecule has 176 valence electrons. The lowest BCUT2D eigenvalue weighted by atomic mass is 10.0. The maximum Gasteiger partial charge on any atom is 0.337 e. The molecule has 1 fully saturated rings. The van der Waals surface area contributed by atoms with Crippen LogP contribution in [0, 0.1) is 0 Å². The van der Waals surface area contributed by atoms with E-state index in [2.05, 4.69) is 27.0 Å². The minimum Gasteiger partial charge on any atom is -0.493 e. The highest BCUT2D eigenvalue weighted by Gasteiger charge is 2.28. The molecule has 0 aliphatic carbocycles. The lowest BCUT2D eigenvalue weighted by molar-refractivity contribution is 0.121. The number of ether oxygens (including phenoxy) is 3. The molecule has 0 amide bonds. The SMILES string of the molecule is CN1CCCC1COc1nc(OC(C)(C)C)c2ncc(C(O)c3cccc4c3OCC4)n2n1. The minimum absolute atomic E-state index is 0.197. The third kappa shape index (κ3) is 4.35. The van der Waals surface area contributed by atoms with Gasteiger partial charge in [0.05, 0.1) is 18.5 Å². The number of fused-ring (bicyclic) bond motifs is 2. The molecule has 1 aromatic carbocycles. The number of benzene rings is 1. The van der Waals surface area contributed by atoms with Gasteiger partial charge in [0.2, 0.25) is 5.65 Å². The Morgan fingerprint density at radius 2 is 2.15 bits per heavy atom. The van der Waals surface area contributed by atoms with Crippen LogP contribution in [0.2, 0.25) is 0 Å². The Balaban J connectivity index is 1.53. The first-order chi connectivity index (χ1) is 15.8. The Morgan fingerprint density at radius 1 is 1.30 bits per heavy atom. The van der Waals surface area contributed by atoms with Crippen molar-refractivity contribution >= 4 is 5.65 Å². The van der Waals surface area contributed by atoms with E-state index < -0.39 is 11.7 Å². The molecule has 0 bridgehead atoms. The quantitative estimate of drug-likeness (QED) is 0.609. The first-order valence-corrected chi connectivity index (χ1v) is 11.5. The van der Waals surface area contributed by atoms with Crippen LogP contribution in [0.4, 0.5) is 0 Å². The second kappa shape index (κ2) is 8.46. The van der Waals surface area contributed by atoms with E-state index in [0.29, 0.717) is 42.0 Å². The zero-order valence-electron chi connectivity index (χ0n) is 19.6. The van der Waals surface area contributed by atoms with Crippen molar-refractivity contribution in [1.82, 2.24) is 24.5 Å². The summed E-state index contributed by atoms with van der Waals surface area (Å²) in [4.78, 5) is 11.3. The number of nitrogens with zero attached hydrogens (tertiary/aromatic N) is 5. The van der Waals surface area contributed by atoms with E-state index in [1.54, 1.807) is 10.7 Å². The van der Waals surface area contributed by atoms with Crippen molar-refractivity contribution in [3.8, 4) is 17.6 Å². The number of aliphatic hydroxyl groups excluding tert-OH is 1. The molecular weight excluding hydrogens is 422 g/mol. The van der Waals surface area contributed by atoms with Gasteiger partial charge in [0.15, 0.2) is 0 Å². The summed E-state index contributed by atoms with van der Waals surface area (Å²) in [6.07, 6.45) is 3.71. The predicted octanol–water partition coefficient (Wildman–Crippen LogP) is 2.79. The van der Waals surface area contributed by atoms with E-state index in [9.17, 15) is 5.11 Å². The van der Waals surface area contributed by atoms with Crippen LogP contribution in [-0.4, -0.2) is 68.0 Å². The van der Waals surface area contributed by atoms with Gasteiger partial charge in [0.25, 0.3) is 5.88 Å². The van der Waals surface area contributed by atoms with Gasteiger partial charge in [0.1, 0.15) is 24.1 Å². The van der Waals surface area contributed by atoms with E-state index in [1.165, 1.54) is 0 Å². The summed E-state index contributed by atoms with van der Waals surface area (Å²) in [5.74, 6) is 1.06. The average molecular weight is 454 g/mol. The molecule has 33 heavy (non-hydrogen) atoms. The van der Waals surface area contributed by atoms with Gasteiger partial charge in [-0.25, -0.2) is 9.50 Å². The molecular formula is C24H31N5O4. The molecule has 1 saturated heterocycles. The third-order valence-corrected chi connectivity index (χ3v) is 6.14. The Labute approximate surface area is 193 Å². The molecule has 0 radical (unpaired) electrons. The van der Waals surface area contributed by atoms with Crippen molar-refractivity contribution in [2.24, 2.45) is 0 Å². The number of likely N-dealkylation sites (tertiary alicyclic amines) is 1. The lowest BCUT2D eigenvalue weighted by Crippen LogP contribution is -2.31. The predicted molar refractivity (Wildman–Crippen MR) is 122 cm³/mol. The van der Waals surface area contributed by atoms with Crippen molar-refractivity contribution in [2.75, 3.05) is 26.8 Å². The zero-order chi connectivity index (χ0) is 23.2. The van der Waals surface area contributed by atoms with Crippen molar-refractivity contribution in [3.05, 3.63) is 41.2 Å². The highest BCUT2D eigenvalue weighted by Crippen LogP contribution is 2.37. The van der Waals surface area contributed by atoms with Gasteiger partial charge in [-0.05, 0) is 52.8 Å². The van der Waals surface area contributed by atoms with Crippen molar-refractivity contribution in [1.29, 1.82) is 0 Å². The molecule has 5 rings (SSSR count). The summed E-state index contributed by atoms with van der Waals surface area (Å²) in [7, 11) is 2.10. The molecule has 1 N–H and O–H groups in total. The van der Waals surface area contributed by atoms with Gasteiger partial charge in [-0.15, -0.1) is 5.10 Å². The number of aromatic nitrogens is 4. The molecule has 4 heterocycles. The first kappa shape index (κ1) is 21.9. The number of aliphatic hydroxyl groups is 1. The van der Waals surface area contributed by atoms with Crippen LogP contribution in [0.1, 0.15) is 56.5 Å². The van der Waals surface area contributed by atoms with Crippen LogP contribution >= 0.6 is 0 Å². The van der Waals surface area contributed by atoms with Crippen LogP contribution < -0.4 is 14.2 Å². The van der Waals surface area contributed by atoms with Crippen molar-refractivity contribution < 1.29 is 19.3 Å². The second-order valence-electron chi connectivity index (χ2n) is 9.76. The number of rotatable bonds is 6. The average Bonchev–Trinajstić information content (AvgIpc) is 3.49. The van der Waals surface area contributed by atoms with Crippen molar-refractivity contribution in [3.63, 3.8) is 0 Å². The summed E-state index contributed by atoms with van der Waals surface area (Å²) in [5, 5.41) is 15.9. The maximum atomic E-state index is 11.3. The normalized spacial score (nSPS) is 19.5. The highest BCUT2D eigenvalue weighted by molar-refractivity contribution is 5.53. The molecule has 3 aromatic rings. The largest absolute Gasteiger partial charge is 0.493 e. The van der Waals surface area contributed by atoms with Crippen LogP contribution in [-0.2, 0) is 6.42 Å². The molecule has 2 unspecified atom stereocenters. The highest BCUT2D eigenvalue weighted by atomic mass is 16.5. The second-order valence-corrected chi connectivity index (χ2v) is 9.76. The Morgan fingerprint density at radius 3 is 2.91 bits per heavy atom. The Bertz CT molecular complexity index is 1160. The van der Waals surface area contributed by atoms with Crippen LogP contribution in [0.3, 0.4) is 0 Å². The zero-order valence-corrected chi connectivity index (χ0v) is 19.6. The summed E-state index contributed by atoms with van der Waals surface area (Å²) in [6.45, 7) is 8.01. The number of para-hydroxylation sites is 1. The smallest absolute Gasteiger partial charge is 0.337 e. The topological polar surface area (TPSA) is 94.2 Å². The van der Waals surface area contributed by atoms with Crippen molar-refractivity contribution in [2.45, 2.75) is 57.8 Å². The Kier molecular flexibility index (Phi) is 5.62. The summed E-state index contributed by atoms with van der Waals surface area (Å²) >= 11 is 0. The number of imidazole rings is 1. The van der Waals surface area contributed by atoms with E-state index in [0.717, 1.165) is 37.1 Å². The molecule has 2 aliphatic heterocycles. The van der Waals surface area contributed by atoms with E-state index in [1.807, 2.05) is 39.0 Å². The maximum absolute atomic E-state index is 11.3. The van der Waals surface area contributed by atoms with Crippen LogP contribution in [0.5, 0.6) is 17.6 Å². The fraction of sp³-hybridized carbons (Fsp3) is 0.542. The fourth-order valence-electron chi connectivity index (χ4n) is 4.44. The van der Waals surface area contributed by atoms with Crippen LogP contribution in [0.15, 0.2) is 24.4 Å². The molecule has 2 atom stereocenters. The van der Waals surface area contributed by atoms with Gasteiger partial charge >= 0.3 is 6.01 Å². The molecule has 0 saturated carbocycles. The number of hydrogen-bond donors (Lipinski definition) is 1. The van der Waals surface area contributed by atoms with Gasteiger partial charge in [-0.3, -0.25) is 0 Å². The van der Waals surface area contributed by atoms with Gasteiger partial charge in [0, 0.05) is 18.0 Å².